The van der Waals surface area contributed by atoms with Crippen LogP contribution in [0.25, 0.3) is 0 Å². The highest BCUT2D eigenvalue weighted by molar-refractivity contribution is 5.87. The summed E-state index contributed by atoms with van der Waals surface area (Å²) in [5, 5.41) is 0. The highest BCUT2D eigenvalue weighted by Crippen LogP contribution is 2.28. The van der Waals surface area contributed by atoms with E-state index in [4.69, 9.17) is 4.74 Å². The van der Waals surface area contributed by atoms with Gasteiger partial charge < -0.3 is 9.64 Å². The van der Waals surface area contributed by atoms with Crippen molar-refractivity contribution in [2.75, 3.05) is 13.2 Å². The number of ether oxygens (including phenoxy) is 1. The molecule has 2 aliphatic rings. The number of hydrogen-bond donors (Lipinski definition) is 0. The molecule has 2 unspecified atom stereocenters. The van der Waals surface area contributed by atoms with Crippen molar-refractivity contribution in [3.63, 3.8) is 0 Å². The lowest BCUT2D eigenvalue weighted by Crippen LogP contribution is -2.42. The first-order valence-electron chi connectivity index (χ1n) is 4.87. The molecule has 72 valence electrons. The van der Waals surface area contributed by atoms with Crippen LogP contribution >= 0.6 is 0 Å². The van der Waals surface area contributed by atoms with Gasteiger partial charge in [0.05, 0.1) is 12.1 Å². The molecular weight excluding hydrogens is 166 g/mol. The van der Waals surface area contributed by atoms with E-state index in [9.17, 15) is 4.79 Å². The average Bonchev–Trinajstić information content (AvgIpc) is 2.60. The molecule has 2 atom stereocenters. The Kier molecular flexibility index (Phi) is 2.36. The molecule has 0 radical (unpaired) electrons. The normalized spacial score (nSPS) is 32.8. The van der Waals surface area contributed by atoms with Gasteiger partial charge in [-0.25, -0.2) is 0 Å². The molecular formula is C10H15NO2. The summed E-state index contributed by atoms with van der Waals surface area (Å²) in [4.78, 5) is 13.3. The summed E-state index contributed by atoms with van der Waals surface area (Å²) in [6, 6.07) is 0.319. The van der Waals surface area contributed by atoms with Gasteiger partial charge in [-0.1, -0.05) is 6.58 Å². The molecule has 0 aromatic carbocycles. The molecule has 0 saturated carbocycles. The van der Waals surface area contributed by atoms with E-state index in [0.29, 0.717) is 6.04 Å². The lowest BCUT2D eigenvalue weighted by Gasteiger charge is -2.30. The number of fused-ring (bicyclic) bond motifs is 1. The first kappa shape index (κ1) is 8.75. The lowest BCUT2D eigenvalue weighted by atomic mass is 10.0. The Morgan fingerprint density at radius 1 is 1.54 bits per heavy atom. The molecule has 13 heavy (non-hydrogen) atoms. The van der Waals surface area contributed by atoms with Crippen LogP contribution in [0.2, 0.25) is 0 Å². The van der Waals surface area contributed by atoms with E-state index in [1.807, 2.05) is 4.90 Å². The standard InChI is InChI=1S/C10H15NO2/c1-2-10(12)11-6-5-9-8(11)4-3-7-13-9/h2,8-9H,1,3-7H2. The van der Waals surface area contributed by atoms with E-state index in [1.165, 1.54) is 6.08 Å². The smallest absolute Gasteiger partial charge is 0.246 e. The summed E-state index contributed by atoms with van der Waals surface area (Å²) in [5.74, 6) is 0.0537. The molecule has 0 N–H and O–H groups in total. The van der Waals surface area contributed by atoms with Gasteiger partial charge in [-0.05, 0) is 25.3 Å². The van der Waals surface area contributed by atoms with Gasteiger partial charge in [-0.2, -0.15) is 0 Å². The SMILES string of the molecule is C=CC(=O)N1CCC2OCCCC21. The largest absolute Gasteiger partial charge is 0.376 e. The summed E-state index contributed by atoms with van der Waals surface area (Å²) in [6.07, 6.45) is 4.84. The van der Waals surface area contributed by atoms with Gasteiger partial charge in [0, 0.05) is 13.2 Å². The second kappa shape index (κ2) is 3.50. The Bertz CT molecular complexity index is 227. The first-order valence-corrected chi connectivity index (χ1v) is 4.87. The topological polar surface area (TPSA) is 29.5 Å². The Labute approximate surface area is 78.4 Å². The molecule has 0 bridgehead atoms. The van der Waals surface area contributed by atoms with Crippen LogP contribution in [-0.4, -0.2) is 36.1 Å². The molecule has 2 aliphatic heterocycles. The third kappa shape index (κ3) is 1.48. The highest BCUT2D eigenvalue weighted by atomic mass is 16.5. The molecule has 3 heteroatoms. The maximum Gasteiger partial charge on any atom is 0.246 e. The van der Waals surface area contributed by atoms with E-state index < -0.39 is 0 Å². The summed E-state index contributed by atoms with van der Waals surface area (Å²) < 4.78 is 5.60. The quantitative estimate of drug-likeness (QED) is 0.564. The van der Waals surface area contributed by atoms with Crippen molar-refractivity contribution in [1.82, 2.24) is 4.90 Å². The maximum absolute atomic E-state index is 11.4. The van der Waals surface area contributed by atoms with Crippen molar-refractivity contribution in [3.8, 4) is 0 Å². The van der Waals surface area contributed by atoms with Gasteiger partial charge in [0.25, 0.3) is 0 Å². The van der Waals surface area contributed by atoms with Gasteiger partial charge in [0.1, 0.15) is 0 Å². The van der Waals surface area contributed by atoms with Crippen molar-refractivity contribution in [3.05, 3.63) is 12.7 Å². The fourth-order valence-corrected chi connectivity index (χ4v) is 2.28. The number of amides is 1. The molecule has 0 aromatic heterocycles. The first-order chi connectivity index (χ1) is 6.33. The third-order valence-electron chi connectivity index (χ3n) is 2.92. The van der Waals surface area contributed by atoms with Crippen molar-refractivity contribution >= 4 is 5.91 Å². The highest BCUT2D eigenvalue weighted by Gasteiger charge is 2.38. The van der Waals surface area contributed by atoms with Gasteiger partial charge >= 0.3 is 0 Å². The third-order valence-corrected chi connectivity index (χ3v) is 2.92. The molecule has 2 saturated heterocycles. The fourth-order valence-electron chi connectivity index (χ4n) is 2.28. The van der Waals surface area contributed by atoms with Crippen molar-refractivity contribution < 1.29 is 9.53 Å². The van der Waals surface area contributed by atoms with Crippen LogP contribution in [0, 0.1) is 0 Å². The molecule has 0 spiro atoms. The molecule has 3 nitrogen and oxygen atoms in total. The Hall–Kier alpha value is -0.830. The Morgan fingerprint density at radius 3 is 3.15 bits per heavy atom. The second-order valence-corrected chi connectivity index (χ2v) is 3.64. The zero-order chi connectivity index (χ0) is 9.26. The lowest BCUT2D eigenvalue weighted by molar-refractivity contribution is -0.129. The number of likely N-dealkylation sites (tertiary alicyclic amines) is 1. The van der Waals surface area contributed by atoms with E-state index in [0.717, 1.165) is 32.4 Å². The summed E-state index contributed by atoms with van der Waals surface area (Å²) >= 11 is 0. The summed E-state index contributed by atoms with van der Waals surface area (Å²) in [6.45, 7) is 5.20. The number of carbonyl (C=O) groups is 1. The molecule has 0 aromatic rings. The van der Waals surface area contributed by atoms with Crippen LogP contribution in [0.4, 0.5) is 0 Å². The van der Waals surface area contributed by atoms with Crippen LogP contribution in [-0.2, 0) is 9.53 Å². The zero-order valence-corrected chi connectivity index (χ0v) is 7.74. The van der Waals surface area contributed by atoms with E-state index in [1.54, 1.807) is 0 Å². The maximum atomic E-state index is 11.4. The fraction of sp³-hybridized carbons (Fsp3) is 0.700. The van der Waals surface area contributed by atoms with Gasteiger partial charge in [0.2, 0.25) is 5.91 Å². The molecule has 2 fully saturated rings. The minimum absolute atomic E-state index is 0.0537. The minimum atomic E-state index is 0.0537. The van der Waals surface area contributed by atoms with Crippen LogP contribution < -0.4 is 0 Å². The van der Waals surface area contributed by atoms with Crippen LogP contribution in [0.15, 0.2) is 12.7 Å². The van der Waals surface area contributed by atoms with E-state index in [-0.39, 0.29) is 12.0 Å². The van der Waals surface area contributed by atoms with E-state index >= 15 is 0 Å². The van der Waals surface area contributed by atoms with Gasteiger partial charge in [0.15, 0.2) is 0 Å². The Balaban J connectivity index is 2.06. The number of nitrogens with zero attached hydrogens (tertiary/aromatic N) is 1. The summed E-state index contributed by atoms with van der Waals surface area (Å²) in [5.41, 5.74) is 0. The average molecular weight is 181 g/mol. The molecule has 2 rings (SSSR count). The second-order valence-electron chi connectivity index (χ2n) is 3.64. The summed E-state index contributed by atoms with van der Waals surface area (Å²) in [7, 11) is 0. The van der Waals surface area contributed by atoms with Gasteiger partial charge in [-0.3, -0.25) is 4.79 Å². The molecule has 1 amide bonds. The van der Waals surface area contributed by atoms with Crippen LogP contribution in [0.5, 0.6) is 0 Å². The predicted molar refractivity (Wildman–Crippen MR) is 49.3 cm³/mol. The van der Waals surface area contributed by atoms with Crippen molar-refractivity contribution in [2.24, 2.45) is 0 Å². The zero-order valence-electron chi connectivity index (χ0n) is 7.74. The van der Waals surface area contributed by atoms with E-state index in [2.05, 4.69) is 6.58 Å². The Morgan fingerprint density at radius 2 is 2.38 bits per heavy atom. The minimum Gasteiger partial charge on any atom is -0.376 e. The molecule has 2 heterocycles. The predicted octanol–water partition coefficient (Wildman–Crippen LogP) is 0.952. The number of carbonyl (C=O) groups excluding carboxylic acids is 1. The monoisotopic (exact) mass is 181 g/mol. The van der Waals surface area contributed by atoms with Crippen molar-refractivity contribution in [2.45, 2.75) is 31.4 Å². The number of rotatable bonds is 1. The van der Waals surface area contributed by atoms with Crippen molar-refractivity contribution in [1.29, 1.82) is 0 Å². The number of hydrogen-bond acceptors (Lipinski definition) is 2. The van der Waals surface area contributed by atoms with Crippen LogP contribution in [0.3, 0.4) is 0 Å². The molecule has 0 aliphatic carbocycles. The van der Waals surface area contributed by atoms with Gasteiger partial charge in [-0.15, -0.1) is 0 Å². The van der Waals surface area contributed by atoms with Crippen LogP contribution in [0.1, 0.15) is 19.3 Å².